The van der Waals surface area contributed by atoms with Gasteiger partial charge in [0.05, 0.1) is 0 Å². The molecule has 0 aliphatic carbocycles. The summed E-state index contributed by atoms with van der Waals surface area (Å²) in [5, 5.41) is 3.09. The van der Waals surface area contributed by atoms with E-state index < -0.39 is 0 Å². The highest BCUT2D eigenvalue weighted by Gasteiger charge is 2.07. The minimum atomic E-state index is -0.165. The lowest BCUT2D eigenvalue weighted by Gasteiger charge is -2.09. The Balaban J connectivity index is 2.28. The molecule has 0 aliphatic heterocycles. The molecule has 2 rings (SSSR count). The zero-order valence-electron chi connectivity index (χ0n) is 12.4. The molecule has 0 radical (unpaired) electrons. The Kier molecular flexibility index (Phi) is 4.91. The summed E-state index contributed by atoms with van der Waals surface area (Å²) in [5.74, 6) is 0.470. The Bertz CT molecular complexity index is 558. The van der Waals surface area contributed by atoms with Gasteiger partial charge in [-0.15, -0.1) is 0 Å². The average Bonchev–Trinajstić information content (AvgIpc) is 2.42. The SMILES string of the molecule is CNCc1ccc(F)c(-c2ccc(CC(C)C)cc2)c1. The first kappa shape index (κ1) is 14.7. The zero-order valence-corrected chi connectivity index (χ0v) is 12.4. The van der Waals surface area contributed by atoms with Gasteiger partial charge in [0, 0.05) is 12.1 Å². The number of benzene rings is 2. The van der Waals surface area contributed by atoms with Crippen molar-refractivity contribution >= 4 is 0 Å². The molecule has 0 amide bonds. The summed E-state index contributed by atoms with van der Waals surface area (Å²) in [6.07, 6.45) is 1.06. The Morgan fingerprint density at radius 3 is 2.25 bits per heavy atom. The number of rotatable bonds is 5. The molecule has 2 aromatic carbocycles. The van der Waals surface area contributed by atoms with Gasteiger partial charge in [-0.2, -0.15) is 0 Å². The van der Waals surface area contributed by atoms with Gasteiger partial charge in [0.25, 0.3) is 0 Å². The van der Waals surface area contributed by atoms with Gasteiger partial charge in [-0.05, 0) is 48.2 Å². The van der Waals surface area contributed by atoms with E-state index in [1.807, 2.05) is 31.3 Å². The molecule has 0 saturated heterocycles. The van der Waals surface area contributed by atoms with Crippen molar-refractivity contribution in [2.45, 2.75) is 26.8 Å². The Hall–Kier alpha value is -1.67. The van der Waals surface area contributed by atoms with Crippen molar-refractivity contribution in [2.24, 2.45) is 5.92 Å². The van der Waals surface area contributed by atoms with Gasteiger partial charge in [0.1, 0.15) is 5.82 Å². The van der Waals surface area contributed by atoms with Crippen LogP contribution in [0, 0.1) is 11.7 Å². The molecule has 0 atom stereocenters. The lowest BCUT2D eigenvalue weighted by atomic mass is 9.98. The number of hydrogen-bond acceptors (Lipinski definition) is 1. The fourth-order valence-corrected chi connectivity index (χ4v) is 2.40. The molecular formula is C18H22FN. The Morgan fingerprint density at radius 1 is 1.00 bits per heavy atom. The zero-order chi connectivity index (χ0) is 14.5. The van der Waals surface area contributed by atoms with E-state index in [9.17, 15) is 4.39 Å². The first-order chi connectivity index (χ1) is 9.60. The molecule has 0 heterocycles. The third kappa shape index (κ3) is 3.67. The maximum atomic E-state index is 14.0. The highest BCUT2D eigenvalue weighted by molar-refractivity contribution is 5.65. The Morgan fingerprint density at radius 2 is 1.65 bits per heavy atom. The predicted molar refractivity (Wildman–Crippen MR) is 83.1 cm³/mol. The van der Waals surface area contributed by atoms with Gasteiger partial charge >= 0.3 is 0 Å². The van der Waals surface area contributed by atoms with Gasteiger partial charge in [0.15, 0.2) is 0 Å². The summed E-state index contributed by atoms with van der Waals surface area (Å²) in [5.41, 5.74) is 4.01. The van der Waals surface area contributed by atoms with Gasteiger partial charge in [-0.1, -0.05) is 44.2 Å². The first-order valence-electron chi connectivity index (χ1n) is 7.12. The standard InChI is InChI=1S/C18H22FN/c1-13(2)10-14-4-7-16(8-5-14)17-11-15(12-20-3)6-9-18(17)19/h4-9,11,13,20H,10,12H2,1-3H3. The quantitative estimate of drug-likeness (QED) is 0.849. The lowest BCUT2D eigenvalue weighted by Crippen LogP contribution is -2.05. The summed E-state index contributed by atoms with van der Waals surface area (Å²) < 4.78 is 14.0. The number of hydrogen-bond donors (Lipinski definition) is 1. The number of nitrogens with one attached hydrogen (secondary N) is 1. The summed E-state index contributed by atoms with van der Waals surface area (Å²) in [7, 11) is 1.89. The topological polar surface area (TPSA) is 12.0 Å². The second-order valence-corrected chi connectivity index (χ2v) is 5.64. The van der Waals surface area contributed by atoms with E-state index in [2.05, 4.69) is 31.3 Å². The van der Waals surface area contributed by atoms with E-state index in [0.717, 1.165) is 24.1 Å². The minimum absolute atomic E-state index is 0.165. The first-order valence-corrected chi connectivity index (χ1v) is 7.12. The van der Waals surface area contributed by atoms with E-state index in [1.165, 1.54) is 5.56 Å². The van der Waals surface area contributed by atoms with Crippen LogP contribution in [0.15, 0.2) is 42.5 Å². The van der Waals surface area contributed by atoms with Gasteiger partial charge < -0.3 is 5.32 Å². The van der Waals surface area contributed by atoms with Crippen molar-refractivity contribution in [2.75, 3.05) is 7.05 Å². The molecule has 106 valence electrons. The van der Waals surface area contributed by atoms with Crippen molar-refractivity contribution in [3.8, 4) is 11.1 Å². The molecule has 0 aromatic heterocycles. The monoisotopic (exact) mass is 271 g/mol. The highest BCUT2D eigenvalue weighted by atomic mass is 19.1. The van der Waals surface area contributed by atoms with Crippen molar-refractivity contribution < 1.29 is 4.39 Å². The van der Waals surface area contributed by atoms with Gasteiger partial charge in [-0.25, -0.2) is 4.39 Å². The lowest BCUT2D eigenvalue weighted by molar-refractivity contribution is 0.629. The highest BCUT2D eigenvalue weighted by Crippen LogP contribution is 2.25. The van der Waals surface area contributed by atoms with Crippen molar-refractivity contribution in [3.05, 3.63) is 59.4 Å². The van der Waals surface area contributed by atoms with Crippen LogP contribution >= 0.6 is 0 Å². The molecule has 0 bridgehead atoms. The average molecular weight is 271 g/mol. The maximum absolute atomic E-state index is 14.0. The second kappa shape index (κ2) is 6.67. The van der Waals surface area contributed by atoms with Crippen LogP contribution in [0.2, 0.25) is 0 Å². The van der Waals surface area contributed by atoms with Crippen LogP contribution < -0.4 is 5.32 Å². The second-order valence-electron chi connectivity index (χ2n) is 5.64. The van der Waals surface area contributed by atoms with E-state index in [-0.39, 0.29) is 5.82 Å². The minimum Gasteiger partial charge on any atom is -0.316 e. The largest absolute Gasteiger partial charge is 0.316 e. The fourth-order valence-electron chi connectivity index (χ4n) is 2.40. The summed E-state index contributed by atoms with van der Waals surface area (Å²) >= 11 is 0. The molecule has 20 heavy (non-hydrogen) atoms. The third-order valence-electron chi connectivity index (χ3n) is 3.32. The van der Waals surface area contributed by atoms with Gasteiger partial charge in [-0.3, -0.25) is 0 Å². The predicted octanol–water partition coefficient (Wildman–Crippen LogP) is 4.41. The normalized spacial score (nSPS) is 11.1. The molecule has 1 N–H and O–H groups in total. The van der Waals surface area contributed by atoms with Crippen LogP contribution in [0.25, 0.3) is 11.1 Å². The van der Waals surface area contributed by atoms with E-state index in [4.69, 9.17) is 0 Å². The summed E-state index contributed by atoms with van der Waals surface area (Å²) in [6, 6.07) is 13.5. The molecule has 0 saturated carbocycles. The van der Waals surface area contributed by atoms with E-state index in [0.29, 0.717) is 11.5 Å². The summed E-state index contributed by atoms with van der Waals surface area (Å²) in [4.78, 5) is 0. The fraction of sp³-hybridized carbons (Fsp3) is 0.333. The molecule has 2 heteroatoms. The molecule has 1 nitrogen and oxygen atoms in total. The van der Waals surface area contributed by atoms with Crippen LogP contribution in [0.1, 0.15) is 25.0 Å². The Labute approximate surface area is 120 Å². The van der Waals surface area contributed by atoms with Crippen molar-refractivity contribution in [1.29, 1.82) is 0 Å². The third-order valence-corrected chi connectivity index (χ3v) is 3.32. The van der Waals surface area contributed by atoms with Gasteiger partial charge in [0.2, 0.25) is 0 Å². The maximum Gasteiger partial charge on any atom is 0.131 e. The molecule has 0 spiro atoms. The van der Waals surface area contributed by atoms with Crippen LogP contribution in [0.3, 0.4) is 0 Å². The molecular weight excluding hydrogens is 249 g/mol. The molecule has 0 fully saturated rings. The van der Waals surface area contributed by atoms with Crippen LogP contribution in [-0.4, -0.2) is 7.05 Å². The summed E-state index contributed by atoms with van der Waals surface area (Å²) in [6.45, 7) is 5.16. The number of halogens is 1. The van der Waals surface area contributed by atoms with E-state index >= 15 is 0 Å². The van der Waals surface area contributed by atoms with Crippen molar-refractivity contribution in [1.82, 2.24) is 5.32 Å². The van der Waals surface area contributed by atoms with Crippen LogP contribution in [0.5, 0.6) is 0 Å². The van der Waals surface area contributed by atoms with Crippen molar-refractivity contribution in [3.63, 3.8) is 0 Å². The van der Waals surface area contributed by atoms with E-state index in [1.54, 1.807) is 6.07 Å². The molecule has 2 aromatic rings. The van der Waals surface area contributed by atoms with Crippen LogP contribution in [-0.2, 0) is 13.0 Å². The molecule has 0 unspecified atom stereocenters. The van der Waals surface area contributed by atoms with Crippen LogP contribution in [0.4, 0.5) is 4.39 Å². The molecule has 0 aliphatic rings. The smallest absolute Gasteiger partial charge is 0.131 e.